The Hall–Kier alpha value is -2.01. The number of nitrogens with zero attached hydrogens (tertiary/aromatic N) is 1. The Morgan fingerprint density at radius 3 is 2.55 bits per heavy atom. The molecule has 5 nitrogen and oxygen atoms in total. The second-order valence-electron chi connectivity index (χ2n) is 9.25. The zero-order valence-corrected chi connectivity index (χ0v) is 18.5. The lowest BCUT2D eigenvalue weighted by Crippen LogP contribution is -2.55. The van der Waals surface area contributed by atoms with Crippen LogP contribution in [-0.2, 0) is 16.8 Å². The Morgan fingerprint density at radius 2 is 2.00 bits per heavy atom. The molecule has 1 saturated carbocycles. The molecule has 1 aromatic rings. The van der Waals surface area contributed by atoms with Gasteiger partial charge in [0.15, 0.2) is 0 Å². The van der Waals surface area contributed by atoms with E-state index in [0.717, 1.165) is 34.6 Å². The summed E-state index contributed by atoms with van der Waals surface area (Å²) in [6.07, 6.45) is 6.43. The van der Waals surface area contributed by atoms with Crippen molar-refractivity contribution in [3.63, 3.8) is 0 Å². The van der Waals surface area contributed by atoms with E-state index < -0.39 is 11.5 Å². The van der Waals surface area contributed by atoms with Crippen LogP contribution in [0, 0.1) is 11.3 Å². The molecule has 0 unspecified atom stereocenters. The van der Waals surface area contributed by atoms with Crippen LogP contribution in [0.2, 0.25) is 5.02 Å². The number of aryl methyl sites for hydroxylation is 1. The van der Waals surface area contributed by atoms with Crippen LogP contribution < -0.4 is 5.32 Å². The molecule has 1 aliphatic heterocycles. The van der Waals surface area contributed by atoms with Gasteiger partial charge in [-0.15, -0.1) is 0 Å². The van der Waals surface area contributed by atoms with Gasteiger partial charge in [0.05, 0.1) is 12.0 Å². The van der Waals surface area contributed by atoms with E-state index in [1.165, 1.54) is 17.7 Å². The quantitative estimate of drug-likeness (QED) is 0.599. The van der Waals surface area contributed by atoms with Gasteiger partial charge in [-0.25, -0.2) is 4.79 Å². The number of rotatable bonds is 8. The lowest BCUT2D eigenvalue weighted by atomic mass is 9.78. The number of amides is 2. The van der Waals surface area contributed by atoms with E-state index in [1.807, 2.05) is 19.2 Å². The van der Waals surface area contributed by atoms with Crippen LogP contribution in [0.15, 0.2) is 30.0 Å². The molecule has 2 aliphatic rings. The number of halogens is 1. The number of hydrogen-bond acceptors (Lipinski definition) is 2. The van der Waals surface area contributed by atoms with Gasteiger partial charge in [0.25, 0.3) is 0 Å². The first-order valence-corrected chi connectivity index (χ1v) is 10.7. The molecule has 0 aromatic heterocycles. The minimum absolute atomic E-state index is 0.0918. The van der Waals surface area contributed by atoms with Gasteiger partial charge < -0.3 is 15.3 Å². The summed E-state index contributed by atoms with van der Waals surface area (Å²) in [5.41, 5.74) is 2.91. The third-order valence-corrected chi connectivity index (χ3v) is 6.76. The third kappa shape index (κ3) is 4.77. The van der Waals surface area contributed by atoms with Crippen LogP contribution in [0.3, 0.4) is 0 Å². The number of carboxylic acids is 1. The van der Waals surface area contributed by atoms with E-state index in [-0.39, 0.29) is 24.9 Å². The van der Waals surface area contributed by atoms with Crippen molar-refractivity contribution in [1.82, 2.24) is 10.2 Å². The fourth-order valence-electron chi connectivity index (χ4n) is 4.02. The molecule has 1 heterocycles. The molecule has 1 fully saturated rings. The van der Waals surface area contributed by atoms with E-state index in [1.54, 1.807) is 0 Å². The highest BCUT2D eigenvalue weighted by Gasteiger charge is 2.40. The lowest BCUT2D eigenvalue weighted by Gasteiger charge is -2.42. The lowest BCUT2D eigenvalue weighted by molar-refractivity contribution is -0.137. The monoisotopic (exact) mass is 418 g/mol. The van der Waals surface area contributed by atoms with Crippen molar-refractivity contribution >= 4 is 23.6 Å². The Labute approximate surface area is 178 Å². The minimum atomic E-state index is -0.923. The molecule has 0 radical (unpaired) electrons. The Morgan fingerprint density at radius 1 is 1.31 bits per heavy atom. The van der Waals surface area contributed by atoms with Gasteiger partial charge in [0, 0.05) is 17.8 Å². The summed E-state index contributed by atoms with van der Waals surface area (Å²) in [4.78, 5) is 25.0. The largest absolute Gasteiger partial charge is 0.481 e. The second kappa shape index (κ2) is 8.02. The molecule has 158 valence electrons. The SMILES string of the molecule is CC(C)C1=CN(CCC(=O)O)C(=O)N[C@@]1(C)c1ccc(CCC2(C)CC2)c(Cl)c1. The van der Waals surface area contributed by atoms with Crippen LogP contribution in [0.25, 0.3) is 0 Å². The van der Waals surface area contributed by atoms with E-state index in [0.29, 0.717) is 5.41 Å². The first-order valence-electron chi connectivity index (χ1n) is 10.4. The van der Waals surface area contributed by atoms with Gasteiger partial charge in [-0.05, 0) is 66.7 Å². The average Bonchev–Trinajstić information content (AvgIpc) is 3.37. The molecule has 2 amide bonds. The van der Waals surface area contributed by atoms with Crippen molar-refractivity contribution in [2.75, 3.05) is 6.54 Å². The van der Waals surface area contributed by atoms with Crippen LogP contribution in [0.5, 0.6) is 0 Å². The van der Waals surface area contributed by atoms with Gasteiger partial charge in [0.2, 0.25) is 0 Å². The van der Waals surface area contributed by atoms with Gasteiger partial charge in [-0.1, -0.05) is 44.5 Å². The molecule has 29 heavy (non-hydrogen) atoms. The third-order valence-electron chi connectivity index (χ3n) is 6.41. The topological polar surface area (TPSA) is 69.6 Å². The normalized spacial score (nSPS) is 23.0. The fraction of sp³-hybridized carbons (Fsp3) is 0.565. The highest BCUT2D eigenvalue weighted by Crippen LogP contribution is 2.49. The minimum Gasteiger partial charge on any atom is -0.481 e. The van der Waals surface area contributed by atoms with Crippen molar-refractivity contribution in [2.24, 2.45) is 11.3 Å². The van der Waals surface area contributed by atoms with E-state index >= 15 is 0 Å². The van der Waals surface area contributed by atoms with Crippen LogP contribution >= 0.6 is 11.6 Å². The maximum absolute atomic E-state index is 12.7. The summed E-state index contributed by atoms with van der Waals surface area (Å²) in [6.45, 7) is 8.60. The van der Waals surface area contributed by atoms with Crippen molar-refractivity contribution in [2.45, 2.75) is 65.3 Å². The summed E-state index contributed by atoms with van der Waals surface area (Å²) in [6, 6.07) is 5.81. The maximum Gasteiger partial charge on any atom is 0.322 e. The first-order chi connectivity index (χ1) is 13.5. The van der Waals surface area contributed by atoms with Crippen LogP contribution in [-0.4, -0.2) is 28.6 Å². The number of carboxylic acid groups (broad SMARTS) is 1. The Kier molecular flexibility index (Phi) is 6.00. The fourth-order valence-corrected chi connectivity index (χ4v) is 4.30. The van der Waals surface area contributed by atoms with E-state index in [4.69, 9.17) is 16.7 Å². The molecule has 0 bridgehead atoms. The van der Waals surface area contributed by atoms with Gasteiger partial charge in [-0.3, -0.25) is 4.79 Å². The second-order valence-corrected chi connectivity index (χ2v) is 9.66. The van der Waals surface area contributed by atoms with Crippen LogP contribution in [0.4, 0.5) is 4.79 Å². The molecule has 6 heteroatoms. The van der Waals surface area contributed by atoms with Crippen LogP contribution in [0.1, 0.15) is 64.5 Å². The summed E-state index contributed by atoms with van der Waals surface area (Å²) in [7, 11) is 0. The van der Waals surface area contributed by atoms with Gasteiger partial charge >= 0.3 is 12.0 Å². The van der Waals surface area contributed by atoms with Crippen molar-refractivity contribution in [3.05, 3.63) is 46.1 Å². The predicted octanol–water partition coefficient (Wildman–Crippen LogP) is 5.33. The molecule has 3 rings (SSSR count). The maximum atomic E-state index is 12.7. The number of nitrogens with one attached hydrogen (secondary N) is 1. The molecule has 0 spiro atoms. The number of carbonyl (C=O) groups excluding carboxylic acids is 1. The Balaban J connectivity index is 1.86. The molecule has 2 N–H and O–H groups in total. The average molecular weight is 419 g/mol. The highest BCUT2D eigenvalue weighted by molar-refractivity contribution is 6.31. The summed E-state index contributed by atoms with van der Waals surface area (Å²) in [5.74, 6) is -0.755. The molecule has 0 saturated heterocycles. The Bertz CT molecular complexity index is 845. The number of carbonyl (C=O) groups is 2. The zero-order chi connectivity index (χ0) is 21.4. The molecule has 1 atom stereocenters. The van der Waals surface area contributed by atoms with Crippen molar-refractivity contribution < 1.29 is 14.7 Å². The zero-order valence-electron chi connectivity index (χ0n) is 17.7. The summed E-state index contributed by atoms with van der Waals surface area (Å²) >= 11 is 6.63. The number of hydrogen-bond donors (Lipinski definition) is 2. The van der Waals surface area contributed by atoms with Gasteiger partial charge in [-0.2, -0.15) is 0 Å². The summed E-state index contributed by atoms with van der Waals surface area (Å²) in [5, 5.41) is 12.8. The highest BCUT2D eigenvalue weighted by atomic mass is 35.5. The predicted molar refractivity (Wildman–Crippen MR) is 115 cm³/mol. The number of benzene rings is 1. The summed E-state index contributed by atoms with van der Waals surface area (Å²) < 4.78 is 0. The van der Waals surface area contributed by atoms with Gasteiger partial charge in [0.1, 0.15) is 0 Å². The number of urea groups is 1. The molecular weight excluding hydrogens is 388 g/mol. The molecule has 1 aliphatic carbocycles. The van der Waals surface area contributed by atoms with Crippen molar-refractivity contribution in [3.8, 4) is 0 Å². The first kappa shape index (κ1) is 21.7. The molecular formula is C23H31ClN2O3. The van der Waals surface area contributed by atoms with Crippen molar-refractivity contribution in [1.29, 1.82) is 0 Å². The van der Waals surface area contributed by atoms with E-state index in [9.17, 15) is 9.59 Å². The smallest absolute Gasteiger partial charge is 0.322 e. The number of aliphatic carboxylic acids is 1. The van der Waals surface area contributed by atoms with E-state index in [2.05, 4.69) is 38.2 Å². The molecule has 1 aromatic carbocycles. The standard InChI is InChI=1S/C23H31ClN2O3/c1-15(2)18-14-26(12-8-20(27)28)21(29)25-23(18,4)17-6-5-16(19(24)13-17)7-9-22(3)10-11-22/h5-6,13-15H,7-12H2,1-4H3,(H,25,29)(H,27,28)/t23-/m0/s1.